The Balaban J connectivity index is 1.82. The minimum Gasteiger partial charge on any atom is -0.350 e. The Labute approximate surface area is 128 Å². The van der Waals surface area contributed by atoms with Gasteiger partial charge < -0.3 is 5.32 Å². The molecule has 0 fully saturated rings. The lowest BCUT2D eigenvalue weighted by atomic mass is 9.93. The van der Waals surface area contributed by atoms with Crippen molar-refractivity contribution in [1.82, 2.24) is 15.1 Å². The van der Waals surface area contributed by atoms with E-state index in [1.54, 1.807) is 13.1 Å². The second-order valence-corrected chi connectivity index (χ2v) is 5.62. The molecule has 1 aromatic carbocycles. The molecule has 0 saturated carbocycles. The SMILES string of the molecule is Cn1nc(CNC(=O)[C@@H]2CC=CCC2)c2ccccc2c1=O. The Bertz CT molecular complexity index is 792. The maximum atomic E-state index is 12.2. The molecule has 1 heterocycles. The van der Waals surface area contributed by atoms with E-state index in [2.05, 4.69) is 22.6 Å². The maximum Gasteiger partial charge on any atom is 0.274 e. The van der Waals surface area contributed by atoms with Gasteiger partial charge in [-0.25, -0.2) is 4.68 Å². The van der Waals surface area contributed by atoms with Gasteiger partial charge in [-0.1, -0.05) is 30.4 Å². The van der Waals surface area contributed by atoms with Crippen LogP contribution in [0.3, 0.4) is 0 Å². The van der Waals surface area contributed by atoms with E-state index in [1.165, 1.54) is 4.68 Å². The van der Waals surface area contributed by atoms with Gasteiger partial charge >= 0.3 is 0 Å². The van der Waals surface area contributed by atoms with Gasteiger partial charge in [0.25, 0.3) is 5.56 Å². The molecule has 0 saturated heterocycles. The predicted molar refractivity (Wildman–Crippen MR) is 85.3 cm³/mol. The van der Waals surface area contributed by atoms with Crippen LogP contribution >= 0.6 is 0 Å². The Morgan fingerprint density at radius 3 is 2.82 bits per heavy atom. The number of rotatable bonds is 3. The number of nitrogens with zero attached hydrogens (tertiary/aromatic N) is 2. The largest absolute Gasteiger partial charge is 0.350 e. The Kier molecular flexibility index (Phi) is 4.04. The normalized spacial score (nSPS) is 17.6. The van der Waals surface area contributed by atoms with Crippen molar-refractivity contribution >= 4 is 16.7 Å². The van der Waals surface area contributed by atoms with Gasteiger partial charge in [0.1, 0.15) is 0 Å². The van der Waals surface area contributed by atoms with Gasteiger partial charge in [0, 0.05) is 18.4 Å². The highest BCUT2D eigenvalue weighted by Crippen LogP contribution is 2.18. The summed E-state index contributed by atoms with van der Waals surface area (Å²) in [5.74, 6) is 0.105. The van der Waals surface area contributed by atoms with Crippen LogP contribution in [0, 0.1) is 5.92 Å². The van der Waals surface area contributed by atoms with Gasteiger partial charge in [0.2, 0.25) is 5.91 Å². The third-order valence-electron chi connectivity index (χ3n) is 4.10. The highest BCUT2D eigenvalue weighted by molar-refractivity contribution is 5.84. The summed E-state index contributed by atoms with van der Waals surface area (Å²) >= 11 is 0. The van der Waals surface area contributed by atoms with E-state index in [0.29, 0.717) is 11.9 Å². The van der Waals surface area contributed by atoms with Gasteiger partial charge in [-0.05, 0) is 25.3 Å². The molecule has 114 valence electrons. The molecule has 1 N–H and O–H groups in total. The number of carbonyl (C=O) groups excluding carboxylic acids is 1. The number of amides is 1. The van der Waals surface area contributed by atoms with Gasteiger partial charge in [0.15, 0.2) is 0 Å². The molecule has 5 nitrogen and oxygen atoms in total. The fraction of sp³-hybridized carbons (Fsp3) is 0.353. The zero-order valence-corrected chi connectivity index (χ0v) is 12.6. The molecular weight excluding hydrogens is 278 g/mol. The summed E-state index contributed by atoms with van der Waals surface area (Å²) in [7, 11) is 1.63. The quantitative estimate of drug-likeness (QED) is 0.880. The topological polar surface area (TPSA) is 64.0 Å². The first kappa shape index (κ1) is 14.5. The van der Waals surface area contributed by atoms with E-state index < -0.39 is 0 Å². The fourth-order valence-electron chi connectivity index (χ4n) is 2.85. The van der Waals surface area contributed by atoms with Gasteiger partial charge in [-0.3, -0.25) is 9.59 Å². The molecule has 2 aromatic rings. The van der Waals surface area contributed by atoms with Crippen LogP contribution in [0.5, 0.6) is 0 Å². The maximum absolute atomic E-state index is 12.2. The molecule has 1 aromatic heterocycles. The van der Waals surface area contributed by atoms with Crippen LogP contribution in [0.2, 0.25) is 0 Å². The summed E-state index contributed by atoms with van der Waals surface area (Å²) in [6, 6.07) is 7.37. The van der Waals surface area contributed by atoms with E-state index in [4.69, 9.17) is 0 Å². The number of allylic oxidation sites excluding steroid dienone is 2. The standard InChI is InChI=1S/C17H19N3O2/c1-20-17(22)14-10-6-5-9-13(14)15(19-20)11-18-16(21)12-7-3-2-4-8-12/h2-3,5-6,9-10,12H,4,7-8,11H2,1H3,(H,18,21)/t12-/m1/s1. The molecule has 0 radical (unpaired) electrons. The molecule has 1 aliphatic carbocycles. The summed E-state index contributed by atoms with van der Waals surface area (Å²) in [5.41, 5.74) is 0.598. The van der Waals surface area contributed by atoms with Crippen molar-refractivity contribution in [3.8, 4) is 0 Å². The average Bonchev–Trinajstić information content (AvgIpc) is 2.57. The van der Waals surface area contributed by atoms with Crippen LogP contribution < -0.4 is 10.9 Å². The molecule has 22 heavy (non-hydrogen) atoms. The van der Waals surface area contributed by atoms with Crippen LogP contribution in [0.15, 0.2) is 41.2 Å². The van der Waals surface area contributed by atoms with Crippen molar-refractivity contribution in [3.63, 3.8) is 0 Å². The number of carbonyl (C=O) groups is 1. The number of fused-ring (bicyclic) bond motifs is 1. The summed E-state index contributed by atoms with van der Waals surface area (Å²) in [4.78, 5) is 24.3. The fourth-order valence-corrected chi connectivity index (χ4v) is 2.85. The molecule has 3 rings (SSSR count). The van der Waals surface area contributed by atoms with Crippen LogP contribution in [0.1, 0.15) is 25.0 Å². The number of aromatic nitrogens is 2. The lowest BCUT2D eigenvalue weighted by molar-refractivity contribution is -0.125. The summed E-state index contributed by atoms with van der Waals surface area (Å²) in [5, 5.41) is 8.68. The molecule has 1 aliphatic rings. The van der Waals surface area contributed by atoms with E-state index in [1.807, 2.05) is 18.2 Å². The number of hydrogen-bond acceptors (Lipinski definition) is 3. The van der Waals surface area contributed by atoms with Crippen molar-refractivity contribution < 1.29 is 4.79 Å². The van der Waals surface area contributed by atoms with Crippen molar-refractivity contribution in [1.29, 1.82) is 0 Å². The molecule has 5 heteroatoms. The van der Waals surface area contributed by atoms with E-state index in [-0.39, 0.29) is 17.4 Å². The summed E-state index contributed by atoms with van der Waals surface area (Å²) < 4.78 is 1.33. The van der Waals surface area contributed by atoms with Crippen molar-refractivity contribution in [2.75, 3.05) is 0 Å². The van der Waals surface area contributed by atoms with Gasteiger partial charge in [-0.15, -0.1) is 0 Å². The second-order valence-electron chi connectivity index (χ2n) is 5.62. The molecule has 1 atom stereocenters. The second kappa shape index (κ2) is 6.13. The van der Waals surface area contributed by atoms with E-state index in [9.17, 15) is 9.59 Å². The third-order valence-corrected chi connectivity index (χ3v) is 4.10. The van der Waals surface area contributed by atoms with Crippen LogP contribution in [0.25, 0.3) is 10.8 Å². The van der Waals surface area contributed by atoms with Gasteiger partial charge in [0.05, 0.1) is 17.6 Å². The Hall–Kier alpha value is -2.43. The smallest absolute Gasteiger partial charge is 0.274 e. The monoisotopic (exact) mass is 297 g/mol. The van der Waals surface area contributed by atoms with Crippen LogP contribution in [0.4, 0.5) is 0 Å². The van der Waals surface area contributed by atoms with Crippen molar-refractivity contribution in [2.45, 2.75) is 25.8 Å². The third kappa shape index (κ3) is 2.79. The molecule has 0 aliphatic heterocycles. The molecular formula is C17H19N3O2. The highest BCUT2D eigenvalue weighted by atomic mass is 16.2. The van der Waals surface area contributed by atoms with Gasteiger partial charge in [-0.2, -0.15) is 5.10 Å². The molecule has 0 bridgehead atoms. The highest BCUT2D eigenvalue weighted by Gasteiger charge is 2.19. The number of benzene rings is 1. The first-order chi connectivity index (χ1) is 10.7. The minimum absolute atomic E-state index is 0.0452. The lowest BCUT2D eigenvalue weighted by Gasteiger charge is -2.17. The zero-order chi connectivity index (χ0) is 15.5. The minimum atomic E-state index is -0.122. The van der Waals surface area contributed by atoms with Crippen molar-refractivity contribution in [2.24, 2.45) is 13.0 Å². The molecule has 0 spiro atoms. The van der Waals surface area contributed by atoms with Crippen LogP contribution in [-0.4, -0.2) is 15.7 Å². The average molecular weight is 297 g/mol. The predicted octanol–water partition coefficient (Wildman–Crippen LogP) is 1.91. The first-order valence-corrected chi connectivity index (χ1v) is 7.54. The number of aryl methyl sites for hydroxylation is 1. The zero-order valence-electron chi connectivity index (χ0n) is 12.6. The number of nitrogens with one attached hydrogen (secondary N) is 1. The lowest BCUT2D eigenvalue weighted by Crippen LogP contribution is -2.32. The Morgan fingerprint density at radius 1 is 1.32 bits per heavy atom. The van der Waals surface area contributed by atoms with Crippen LogP contribution in [-0.2, 0) is 18.4 Å². The molecule has 1 amide bonds. The summed E-state index contributed by atoms with van der Waals surface area (Å²) in [6.07, 6.45) is 6.83. The van der Waals surface area contributed by atoms with E-state index >= 15 is 0 Å². The van der Waals surface area contributed by atoms with E-state index in [0.717, 1.165) is 30.3 Å². The van der Waals surface area contributed by atoms with Crippen molar-refractivity contribution in [3.05, 3.63) is 52.5 Å². The molecule has 0 unspecified atom stereocenters. The summed E-state index contributed by atoms with van der Waals surface area (Å²) in [6.45, 7) is 0.341. The first-order valence-electron chi connectivity index (χ1n) is 7.54. The Morgan fingerprint density at radius 2 is 2.09 bits per heavy atom. The number of hydrogen-bond donors (Lipinski definition) is 1.